The molecule has 0 aliphatic carbocycles. The number of amides is 2. The molecule has 0 aliphatic rings. The van der Waals surface area contributed by atoms with Gasteiger partial charge >= 0.3 is 6.18 Å². The number of carbonyl (C=O) groups excluding carboxylic acids is 2. The summed E-state index contributed by atoms with van der Waals surface area (Å²) in [7, 11) is 1.37. The molecule has 1 aromatic carbocycles. The summed E-state index contributed by atoms with van der Waals surface area (Å²) < 4.78 is 38.5. The topological polar surface area (TPSA) is 62.3 Å². The van der Waals surface area contributed by atoms with Crippen molar-refractivity contribution >= 4 is 40.7 Å². The van der Waals surface area contributed by atoms with Gasteiger partial charge in [-0.2, -0.15) is 13.2 Å². The van der Waals surface area contributed by atoms with Crippen LogP contribution in [0.5, 0.6) is 0 Å². The third kappa shape index (κ3) is 5.09. The van der Waals surface area contributed by atoms with Crippen LogP contribution in [0.1, 0.15) is 15.9 Å². The summed E-state index contributed by atoms with van der Waals surface area (Å²) in [5.74, 6) is -1.16. The van der Waals surface area contributed by atoms with Crippen molar-refractivity contribution < 1.29 is 22.8 Å². The molecule has 0 atom stereocenters. The second-order valence-corrected chi connectivity index (χ2v) is 6.07. The van der Waals surface area contributed by atoms with Crippen LogP contribution >= 0.6 is 23.2 Å². The van der Waals surface area contributed by atoms with Gasteiger partial charge in [0, 0.05) is 18.9 Å². The van der Waals surface area contributed by atoms with E-state index in [2.05, 4.69) is 10.3 Å². The van der Waals surface area contributed by atoms with Crippen LogP contribution in [-0.2, 0) is 11.0 Å². The Bertz CT molecular complexity index is 826. The van der Waals surface area contributed by atoms with Gasteiger partial charge in [0.1, 0.15) is 5.15 Å². The van der Waals surface area contributed by atoms with Gasteiger partial charge in [-0.25, -0.2) is 4.98 Å². The number of hydrogen-bond acceptors (Lipinski definition) is 3. The lowest BCUT2D eigenvalue weighted by Gasteiger charge is -2.17. The summed E-state index contributed by atoms with van der Waals surface area (Å²) in [6, 6.07) is 5.87. The Hall–Kier alpha value is -2.32. The Morgan fingerprint density at radius 2 is 1.88 bits per heavy atom. The Morgan fingerprint density at radius 3 is 2.46 bits per heavy atom. The molecule has 0 spiro atoms. The Kier molecular flexibility index (Phi) is 6.09. The smallest absolute Gasteiger partial charge is 0.332 e. The molecule has 0 aliphatic heterocycles. The van der Waals surface area contributed by atoms with Gasteiger partial charge in [0.2, 0.25) is 5.91 Å². The molecule has 26 heavy (non-hydrogen) atoms. The maximum Gasteiger partial charge on any atom is 0.417 e. The van der Waals surface area contributed by atoms with Gasteiger partial charge in [0.15, 0.2) is 0 Å². The van der Waals surface area contributed by atoms with Gasteiger partial charge in [-0.05, 0) is 30.3 Å². The van der Waals surface area contributed by atoms with Crippen LogP contribution in [0, 0.1) is 0 Å². The minimum atomic E-state index is -4.65. The highest BCUT2D eigenvalue weighted by atomic mass is 35.5. The Morgan fingerprint density at radius 1 is 1.19 bits per heavy atom. The van der Waals surface area contributed by atoms with E-state index in [-0.39, 0.29) is 22.9 Å². The Balaban J connectivity index is 2.04. The van der Waals surface area contributed by atoms with Crippen molar-refractivity contribution in [1.29, 1.82) is 0 Å². The van der Waals surface area contributed by atoms with Crippen molar-refractivity contribution in [3.05, 3.63) is 57.8 Å². The standard InChI is InChI=1S/C16H12Cl2F3N3O2/c1-24(15(26)9-2-5-13(18)22-7-9)8-14(25)23-10-3-4-12(17)11(6-10)16(19,20)21/h2-7H,8H2,1H3,(H,23,25). The first kappa shape index (κ1) is 20.0. The summed E-state index contributed by atoms with van der Waals surface area (Å²) in [5, 5.41) is 2.04. The molecule has 0 fully saturated rings. The lowest BCUT2D eigenvalue weighted by molar-refractivity contribution is -0.137. The molecule has 0 saturated heterocycles. The van der Waals surface area contributed by atoms with Crippen LogP contribution < -0.4 is 5.32 Å². The van der Waals surface area contributed by atoms with Crippen molar-refractivity contribution in [2.45, 2.75) is 6.18 Å². The number of nitrogens with zero attached hydrogens (tertiary/aromatic N) is 2. The summed E-state index contributed by atoms with van der Waals surface area (Å²) in [4.78, 5) is 29.0. The zero-order chi connectivity index (χ0) is 19.5. The molecule has 5 nitrogen and oxygen atoms in total. The summed E-state index contributed by atoms with van der Waals surface area (Å²) in [5.41, 5.74) is -0.926. The van der Waals surface area contributed by atoms with E-state index in [0.29, 0.717) is 0 Å². The highest BCUT2D eigenvalue weighted by Crippen LogP contribution is 2.36. The monoisotopic (exact) mass is 405 g/mol. The average molecular weight is 406 g/mol. The van der Waals surface area contributed by atoms with Crippen LogP contribution in [0.4, 0.5) is 18.9 Å². The minimum absolute atomic E-state index is 0.0827. The molecule has 1 N–H and O–H groups in total. The van der Waals surface area contributed by atoms with E-state index in [0.717, 1.165) is 17.0 Å². The molecule has 0 radical (unpaired) electrons. The van der Waals surface area contributed by atoms with E-state index >= 15 is 0 Å². The fraction of sp³-hybridized carbons (Fsp3) is 0.188. The fourth-order valence-corrected chi connectivity index (χ4v) is 2.37. The van der Waals surface area contributed by atoms with Crippen LogP contribution in [-0.4, -0.2) is 35.3 Å². The van der Waals surface area contributed by atoms with Crippen molar-refractivity contribution in [3.8, 4) is 0 Å². The number of pyridine rings is 1. The number of hydrogen-bond donors (Lipinski definition) is 1. The quantitative estimate of drug-likeness (QED) is 0.778. The second kappa shape index (κ2) is 7.92. The Labute approximate surface area is 156 Å². The highest BCUT2D eigenvalue weighted by Gasteiger charge is 2.33. The maximum absolute atomic E-state index is 12.8. The predicted octanol–water partition coefficient (Wildman–Crippen LogP) is 4.12. The first-order valence-electron chi connectivity index (χ1n) is 7.11. The van der Waals surface area contributed by atoms with Crippen molar-refractivity contribution in [2.24, 2.45) is 0 Å². The van der Waals surface area contributed by atoms with Crippen molar-refractivity contribution in [3.63, 3.8) is 0 Å². The molecular weight excluding hydrogens is 394 g/mol. The lowest BCUT2D eigenvalue weighted by Crippen LogP contribution is -2.35. The molecule has 2 amide bonds. The molecule has 0 bridgehead atoms. The number of rotatable bonds is 4. The molecule has 1 heterocycles. The lowest BCUT2D eigenvalue weighted by atomic mass is 10.2. The van der Waals surface area contributed by atoms with Crippen molar-refractivity contribution in [2.75, 3.05) is 18.9 Å². The summed E-state index contributed by atoms with van der Waals surface area (Å²) in [6.07, 6.45) is -3.39. The molecule has 0 saturated carbocycles. The third-order valence-corrected chi connectivity index (χ3v) is 3.81. The van der Waals surface area contributed by atoms with E-state index < -0.39 is 28.6 Å². The van der Waals surface area contributed by atoms with E-state index in [1.165, 1.54) is 31.4 Å². The largest absolute Gasteiger partial charge is 0.417 e. The number of nitrogens with one attached hydrogen (secondary N) is 1. The SMILES string of the molecule is CN(CC(=O)Nc1ccc(Cl)c(C(F)(F)F)c1)C(=O)c1ccc(Cl)nc1. The van der Waals surface area contributed by atoms with E-state index in [4.69, 9.17) is 23.2 Å². The predicted molar refractivity (Wildman–Crippen MR) is 91.3 cm³/mol. The molecule has 2 rings (SSSR count). The van der Waals surface area contributed by atoms with Crippen LogP contribution in [0.15, 0.2) is 36.5 Å². The second-order valence-electron chi connectivity index (χ2n) is 5.27. The number of likely N-dealkylation sites (N-methyl/N-ethyl adjacent to an activating group) is 1. The first-order chi connectivity index (χ1) is 12.1. The van der Waals surface area contributed by atoms with E-state index in [1.807, 2.05) is 0 Å². The number of carbonyl (C=O) groups is 2. The minimum Gasteiger partial charge on any atom is -0.332 e. The normalized spacial score (nSPS) is 11.2. The molecule has 138 valence electrons. The van der Waals surface area contributed by atoms with Gasteiger partial charge < -0.3 is 10.2 Å². The molecule has 10 heteroatoms. The van der Waals surface area contributed by atoms with Crippen LogP contribution in [0.25, 0.3) is 0 Å². The van der Waals surface area contributed by atoms with Gasteiger partial charge in [0.25, 0.3) is 5.91 Å². The van der Waals surface area contributed by atoms with Gasteiger partial charge in [-0.3, -0.25) is 9.59 Å². The first-order valence-corrected chi connectivity index (χ1v) is 7.87. The van der Waals surface area contributed by atoms with E-state index in [1.54, 1.807) is 0 Å². The van der Waals surface area contributed by atoms with Gasteiger partial charge in [-0.15, -0.1) is 0 Å². The molecule has 2 aromatic rings. The average Bonchev–Trinajstić information content (AvgIpc) is 2.55. The molecule has 1 aromatic heterocycles. The van der Waals surface area contributed by atoms with Gasteiger partial charge in [0.05, 0.1) is 22.7 Å². The zero-order valence-corrected chi connectivity index (χ0v) is 14.8. The molecule has 0 unspecified atom stereocenters. The third-order valence-electron chi connectivity index (χ3n) is 3.26. The maximum atomic E-state index is 12.8. The number of halogens is 5. The number of anilines is 1. The van der Waals surface area contributed by atoms with E-state index in [9.17, 15) is 22.8 Å². The number of alkyl halides is 3. The summed E-state index contributed by atoms with van der Waals surface area (Å²) >= 11 is 11.2. The van der Waals surface area contributed by atoms with Crippen LogP contribution in [0.2, 0.25) is 10.2 Å². The highest BCUT2D eigenvalue weighted by molar-refractivity contribution is 6.31. The summed E-state index contributed by atoms with van der Waals surface area (Å²) in [6.45, 7) is -0.370. The van der Waals surface area contributed by atoms with Gasteiger partial charge in [-0.1, -0.05) is 23.2 Å². The number of benzene rings is 1. The fourth-order valence-electron chi connectivity index (χ4n) is 2.03. The number of aromatic nitrogens is 1. The molecular formula is C16H12Cl2F3N3O2. The zero-order valence-electron chi connectivity index (χ0n) is 13.3. The van der Waals surface area contributed by atoms with Crippen LogP contribution in [0.3, 0.4) is 0 Å². The van der Waals surface area contributed by atoms with Crippen molar-refractivity contribution in [1.82, 2.24) is 9.88 Å².